The Balaban J connectivity index is 2.53. The van der Waals surface area contributed by atoms with Crippen molar-refractivity contribution in [3.8, 4) is 0 Å². The molecule has 1 aliphatic rings. The van der Waals surface area contributed by atoms with Gasteiger partial charge in [0.2, 0.25) is 5.91 Å². The largest absolute Gasteiger partial charge is 0.311 e. The number of hydrogen-bond donors (Lipinski definition) is 0. The number of carbonyl (C=O) groups excluding carboxylic acids is 1. The van der Waals surface area contributed by atoms with Crippen LogP contribution in [0.5, 0.6) is 0 Å². The van der Waals surface area contributed by atoms with Gasteiger partial charge in [-0.1, -0.05) is 12.1 Å². The molecule has 1 fully saturated rings. The highest BCUT2D eigenvalue weighted by Crippen LogP contribution is 2.28. The number of benzene rings is 1. The first-order valence-corrected chi connectivity index (χ1v) is 6.99. The number of carbonyl (C=O) groups is 1. The number of sulfone groups is 1. The minimum absolute atomic E-state index is 0.00361. The molecule has 0 radical (unpaired) electrons. The van der Waals surface area contributed by atoms with E-state index >= 15 is 0 Å². The molecule has 0 bridgehead atoms. The van der Waals surface area contributed by atoms with Gasteiger partial charge in [0, 0.05) is 19.2 Å². The molecule has 16 heavy (non-hydrogen) atoms. The van der Waals surface area contributed by atoms with Crippen molar-refractivity contribution < 1.29 is 13.2 Å². The van der Waals surface area contributed by atoms with E-state index in [2.05, 4.69) is 0 Å². The van der Waals surface area contributed by atoms with Crippen LogP contribution in [0, 0.1) is 0 Å². The van der Waals surface area contributed by atoms with Crippen molar-refractivity contribution in [1.82, 2.24) is 0 Å². The fraction of sp³-hybridized carbons (Fsp3) is 0.364. The predicted octanol–water partition coefficient (Wildman–Crippen LogP) is 1.22. The molecule has 1 aromatic rings. The van der Waals surface area contributed by atoms with Gasteiger partial charge in [0.05, 0.1) is 10.6 Å². The maximum atomic E-state index is 11.6. The molecule has 0 atom stereocenters. The second-order valence-corrected chi connectivity index (χ2v) is 5.87. The molecular formula is C11H13NO3S. The summed E-state index contributed by atoms with van der Waals surface area (Å²) in [5, 5.41) is 0. The van der Waals surface area contributed by atoms with Crippen LogP contribution in [-0.2, 0) is 14.6 Å². The summed E-state index contributed by atoms with van der Waals surface area (Å²) in [5.41, 5.74) is 0.507. The fourth-order valence-electron chi connectivity index (χ4n) is 1.90. The number of anilines is 1. The summed E-state index contributed by atoms with van der Waals surface area (Å²) in [6.07, 6.45) is 2.45. The van der Waals surface area contributed by atoms with Crippen LogP contribution in [0.3, 0.4) is 0 Å². The third-order valence-electron chi connectivity index (χ3n) is 2.63. The molecule has 1 heterocycles. The average Bonchev–Trinajstić information content (AvgIpc) is 2.63. The van der Waals surface area contributed by atoms with Gasteiger partial charge in [0.25, 0.3) is 0 Å². The molecule has 0 saturated carbocycles. The molecule has 0 aromatic heterocycles. The topological polar surface area (TPSA) is 54.5 Å². The minimum Gasteiger partial charge on any atom is -0.311 e. The molecule has 4 nitrogen and oxygen atoms in total. The van der Waals surface area contributed by atoms with Crippen molar-refractivity contribution in [2.24, 2.45) is 0 Å². The molecule has 0 N–H and O–H groups in total. The van der Waals surface area contributed by atoms with Crippen LogP contribution in [0.25, 0.3) is 0 Å². The van der Waals surface area contributed by atoms with Crippen molar-refractivity contribution in [3.05, 3.63) is 24.3 Å². The Morgan fingerprint density at radius 3 is 2.50 bits per heavy atom. The molecule has 0 unspecified atom stereocenters. The normalized spacial score (nSPS) is 16.8. The lowest BCUT2D eigenvalue weighted by Gasteiger charge is -2.18. The summed E-state index contributed by atoms with van der Waals surface area (Å²) in [7, 11) is -3.29. The van der Waals surface area contributed by atoms with Gasteiger partial charge in [-0.3, -0.25) is 4.79 Å². The van der Waals surface area contributed by atoms with Crippen molar-refractivity contribution in [1.29, 1.82) is 0 Å². The van der Waals surface area contributed by atoms with Crippen LogP contribution >= 0.6 is 0 Å². The third-order valence-corrected chi connectivity index (χ3v) is 3.77. The Morgan fingerprint density at radius 1 is 1.25 bits per heavy atom. The Kier molecular flexibility index (Phi) is 2.71. The van der Waals surface area contributed by atoms with Gasteiger partial charge in [0.15, 0.2) is 9.84 Å². The van der Waals surface area contributed by atoms with Crippen LogP contribution < -0.4 is 4.90 Å². The van der Waals surface area contributed by atoms with Crippen LogP contribution in [0.2, 0.25) is 0 Å². The van der Waals surface area contributed by atoms with E-state index in [4.69, 9.17) is 0 Å². The molecule has 86 valence electrons. The van der Waals surface area contributed by atoms with Crippen molar-refractivity contribution in [2.75, 3.05) is 17.7 Å². The number of nitrogens with zero attached hydrogens (tertiary/aromatic N) is 1. The van der Waals surface area contributed by atoms with Crippen molar-refractivity contribution in [2.45, 2.75) is 17.7 Å². The molecule has 2 rings (SSSR count). The standard InChI is InChI=1S/C11H13NO3S/c1-16(14,15)10-6-3-2-5-9(10)12-8-4-7-11(12)13/h2-3,5-6H,4,7-8H2,1H3. The van der Waals surface area contributed by atoms with E-state index in [-0.39, 0.29) is 10.8 Å². The van der Waals surface area contributed by atoms with Crippen molar-refractivity contribution in [3.63, 3.8) is 0 Å². The van der Waals surface area contributed by atoms with Crippen LogP contribution in [0.1, 0.15) is 12.8 Å². The van der Waals surface area contributed by atoms with Gasteiger partial charge in [-0.25, -0.2) is 8.42 Å². The quantitative estimate of drug-likeness (QED) is 0.779. The first-order valence-electron chi connectivity index (χ1n) is 5.09. The third kappa shape index (κ3) is 1.95. The zero-order valence-electron chi connectivity index (χ0n) is 9.01. The van der Waals surface area contributed by atoms with E-state index in [9.17, 15) is 13.2 Å². The van der Waals surface area contributed by atoms with Gasteiger partial charge in [-0.05, 0) is 18.6 Å². The number of hydrogen-bond acceptors (Lipinski definition) is 3. The SMILES string of the molecule is CS(=O)(=O)c1ccccc1N1CCCC1=O. The maximum Gasteiger partial charge on any atom is 0.227 e. The van der Waals surface area contributed by atoms with Crippen LogP contribution in [0.4, 0.5) is 5.69 Å². The Hall–Kier alpha value is -1.36. The van der Waals surface area contributed by atoms with E-state index in [1.807, 2.05) is 0 Å². The predicted molar refractivity (Wildman–Crippen MR) is 61.1 cm³/mol. The first kappa shape index (κ1) is 11.1. The Labute approximate surface area is 94.8 Å². The highest BCUT2D eigenvalue weighted by molar-refractivity contribution is 7.90. The summed E-state index contributed by atoms with van der Waals surface area (Å²) in [6.45, 7) is 0.603. The van der Waals surface area contributed by atoms with E-state index in [0.717, 1.165) is 12.7 Å². The van der Waals surface area contributed by atoms with Crippen LogP contribution in [0.15, 0.2) is 29.2 Å². The smallest absolute Gasteiger partial charge is 0.227 e. The van der Waals surface area contributed by atoms with Crippen LogP contribution in [-0.4, -0.2) is 27.1 Å². The zero-order valence-corrected chi connectivity index (χ0v) is 9.83. The van der Waals surface area contributed by atoms with E-state index in [0.29, 0.717) is 18.7 Å². The van der Waals surface area contributed by atoms with Gasteiger partial charge in [-0.15, -0.1) is 0 Å². The molecule has 1 amide bonds. The zero-order chi connectivity index (χ0) is 11.8. The summed E-state index contributed by atoms with van der Waals surface area (Å²) >= 11 is 0. The lowest BCUT2D eigenvalue weighted by Crippen LogP contribution is -2.25. The summed E-state index contributed by atoms with van der Waals surface area (Å²) < 4.78 is 23.2. The molecule has 1 aromatic carbocycles. The van der Waals surface area contributed by atoms with Crippen molar-refractivity contribution >= 4 is 21.4 Å². The molecule has 0 aliphatic carbocycles. The monoisotopic (exact) mass is 239 g/mol. The lowest BCUT2D eigenvalue weighted by atomic mass is 10.3. The average molecular weight is 239 g/mol. The molecule has 0 spiro atoms. The van der Waals surface area contributed by atoms with E-state index < -0.39 is 9.84 Å². The highest BCUT2D eigenvalue weighted by Gasteiger charge is 2.26. The Bertz CT molecular complexity index is 522. The Morgan fingerprint density at radius 2 is 1.94 bits per heavy atom. The number of para-hydroxylation sites is 1. The summed E-state index contributed by atoms with van der Waals surface area (Å²) in [4.78, 5) is 13.4. The van der Waals surface area contributed by atoms with Gasteiger partial charge >= 0.3 is 0 Å². The van der Waals surface area contributed by atoms with Gasteiger partial charge in [-0.2, -0.15) is 0 Å². The van der Waals surface area contributed by atoms with E-state index in [1.165, 1.54) is 6.07 Å². The second-order valence-electron chi connectivity index (χ2n) is 3.89. The highest BCUT2D eigenvalue weighted by atomic mass is 32.2. The lowest BCUT2D eigenvalue weighted by molar-refractivity contribution is -0.117. The first-order chi connectivity index (χ1) is 7.50. The maximum absolute atomic E-state index is 11.6. The molecule has 5 heteroatoms. The summed E-state index contributed by atoms with van der Waals surface area (Å²) in [6, 6.07) is 6.63. The minimum atomic E-state index is -3.29. The molecule has 1 aliphatic heterocycles. The molecular weight excluding hydrogens is 226 g/mol. The second kappa shape index (κ2) is 3.90. The summed E-state index contributed by atoms with van der Waals surface area (Å²) in [5.74, 6) is -0.00361. The molecule has 1 saturated heterocycles. The van der Waals surface area contributed by atoms with Gasteiger partial charge in [0.1, 0.15) is 0 Å². The van der Waals surface area contributed by atoms with Gasteiger partial charge < -0.3 is 4.90 Å². The fourth-order valence-corrected chi connectivity index (χ4v) is 2.78. The number of rotatable bonds is 2. The number of amides is 1. The van der Waals surface area contributed by atoms with E-state index in [1.54, 1.807) is 23.1 Å².